The molecule has 0 spiro atoms. The molecule has 2 heterocycles. The summed E-state index contributed by atoms with van der Waals surface area (Å²) in [5.74, 6) is 0.631. The monoisotopic (exact) mass is 360 g/mol. The Balaban J connectivity index is 1.80. The van der Waals surface area contributed by atoms with Crippen molar-refractivity contribution in [2.45, 2.75) is 26.8 Å². The quantitative estimate of drug-likeness (QED) is 0.892. The molecule has 1 amide bonds. The number of carbonyl (C=O) groups is 1. The van der Waals surface area contributed by atoms with Gasteiger partial charge in [-0.25, -0.2) is 0 Å². The van der Waals surface area contributed by atoms with Crippen molar-refractivity contribution >= 4 is 17.5 Å². The van der Waals surface area contributed by atoms with Crippen molar-refractivity contribution in [3.63, 3.8) is 0 Å². The van der Waals surface area contributed by atoms with Gasteiger partial charge in [0.1, 0.15) is 0 Å². The molecule has 0 aliphatic carbocycles. The first-order chi connectivity index (χ1) is 12.0. The van der Waals surface area contributed by atoms with Gasteiger partial charge in [-0.05, 0) is 51.4 Å². The first-order valence-corrected chi connectivity index (χ1v) is 9.10. The molecule has 25 heavy (non-hydrogen) atoms. The number of hydrogen-bond donors (Lipinski definition) is 1. The second kappa shape index (κ2) is 7.58. The van der Waals surface area contributed by atoms with Crippen LogP contribution >= 0.6 is 11.6 Å². The van der Waals surface area contributed by atoms with Crippen molar-refractivity contribution in [1.82, 2.24) is 20.0 Å². The fourth-order valence-corrected chi connectivity index (χ4v) is 3.77. The first kappa shape index (κ1) is 18.0. The number of nitrogens with zero attached hydrogens (tertiary/aromatic N) is 3. The SMILES string of the molecule is CNCC1CCN(C(=O)c2c(C)nn(Cc3ccccc3Cl)c2C)C1. The second-order valence-corrected chi connectivity index (χ2v) is 7.17. The van der Waals surface area contributed by atoms with E-state index in [2.05, 4.69) is 10.4 Å². The fourth-order valence-electron chi connectivity index (χ4n) is 3.58. The van der Waals surface area contributed by atoms with E-state index in [0.29, 0.717) is 12.5 Å². The van der Waals surface area contributed by atoms with Gasteiger partial charge >= 0.3 is 0 Å². The van der Waals surface area contributed by atoms with Crippen LogP contribution in [0.2, 0.25) is 5.02 Å². The molecule has 1 aromatic heterocycles. The lowest BCUT2D eigenvalue weighted by Gasteiger charge is -2.17. The third-order valence-corrected chi connectivity index (χ3v) is 5.31. The van der Waals surface area contributed by atoms with Crippen LogP contribution in [0.25, 0.3) is 0 Å². The van der Waals surface area contributed by atoms with Crippen molar-refractivity contribution in [2.24, 2.45) is 5.92 Å². The van der Waals surface area contributed by atoms with E-state index in [1.165, 1.54) is 0 Å². The Morgan fingerprint density at radius 3 is 2.84 bits per heavy atom. The third kappa shape index (κ3) is 3.72. The Labute approximate surface area is 154 Å². The number of benzene rings is 1. The minimum Gasteiger partial charge on any atom is -0.338 e. The van der Waals surface area contributed by atoms with Crippen molar-refractivity contribution in [3.8, 4) is 0 Å². The molecule has 0 radical (unpaired) electrons. The Kier molecular flexibility index (Phi) is 5.45. The van der Waals surface area contributed by atoms with E-state index < -0.39 is 0 Å². The zero-order valence-corrected chi connectivity index (χ0v) is 15.8. The van der Waals surface area contributed by atoms with Crippen LogP contribution in [0.1, 0.15) is 33.7 Å². The van der Waals surface area contributed by atoms with Crippen LogP contribution in [0.5, 0.6) is 0 Å². The highest BCUT2D eigenvalue weighted by molar-refractivity contribution is 6.31. The van der Waals surface area contributed by atoms with E-state index in [4.69, 9.17) is 11.6 Å². The molecule has 0 bridgehead atoms. The lowest BCUT2D eigenvalue weighted by atomic mass is 10.1. The molecule has 6 heteroatoms. The number of hydrogen-bond acceptors (Lipinski definition) is 3. The Bertz CT molecular complexity index is 771. The number of nitrogens with one attached hydrogen (secondary N) is 1. The van der Waals surface area contributed by atoms with E-state index in [-0.39, 0.29) is 5.91 Å². The largest absolute Gasteiger partial charge is 0.338 e. The van der Waals surface area contributed by atoms with E-state index >= 15 is 0 Å². The highest BCUT2D eigenvalue weighted by Gasteiger charge is 2.29. The number of halogens is 1. The summed E-state index contributed by atoms with van der Waals surface area (Å²) < 4.78 is 1.88. The Hall–Kier alpha value is -1.85. The average molecular weight is 361 g/mol. The summed E-state index contributed by atoms with van der Waals surface area (Å²) in [5.41, 5.74) is 3.42. The summed E-state index contributed by atoms with van der Waals surface area (Å²) in [6.45, 7) is 7.03. The van der Waals surface area contributed by atoms with E-state index in [9.17, 15) is 4.79 Å². The highest BCUT2D eigenvalue weighted by Crippen LogP contribution is 2.23. The van der Waals surface area contributed by atoms with E-state index in [0.717, 1.165) is 53.6 Å². The molecule has 1 aromatic carbocycles. The molecule has 5 nitrogen and oxygen atoms in total. The summed E-state index contributed by atoms with van der Waals surface area (Å²) in [5, 5.41) is 8.51. The van der Waals surface area contributed by atoms with Gasteiger partial charge in [-0.1, -0.05) is 29.8 Å². The average Bonchev–Trinajstić information content (AvgIpc) is 3.15. The number of carbonyl (C=O) groups excluding carboxylic acids is 1. The predicted molar refractivity (Wildman–Crippen MR) is 100 cm³/mol. The maximum Gasteiger partial charge on any atom is 0.257 e. The van der Waals surface area contributed by atoms with Gasteiger partial charge in [0.15, 0.2) is 0 Å². The predicted octanol–water partition coefficient (Wildman–Crippen LogP) is 2.88. The van der Waals surface area contributed by atoms with Crippen LogP contribution in [-0.4, -0.2) is 47.3 Å². The Morgan fingerprint density at radius 1 is 1.36 bits per heavy atom. The first-order valence-electron chi connectivity index (χ1n) is 8.72. The van der Waals surface area contributed by atoms with Crippen LogP contribution in [0.15, 0.2) is 24.3 Å². The van der Waals surface area contributed by atoms with Crippen molar-refractivity contribution in [3.05, 3.63) is 51.8 Å². The third-order valence-electron chi connectivity index (χ3n) is 4.94. The fraction of sp³-hybridized carbons (Fsp3) is 0.474. The number of likely N-dealkylation sites (tertiary alicyclic amines) is 1. The number of aryl methyl sites for hydroxylation is 1. The molecular weight excluding hydrogens is 336 g/mol. The molecule has 1 saturated heterocycles. The lowest BCUT2D eigenvalue weighted by Crippen LogP contribution is -2.31. The smallest absolute Gasteiger partial charge is 0.257 e. The molecule has 1 aliphatic heterocycles. The summed E-state index contributed by atoms with van der Waals surface area (Å²) in [6, 6.07) is 7.74. The number of rotatable bonds is 5. The normalized spacial score (nSPS) is 17.3. The van der Waals surface area contributed by atoms with Crippen LogP contribution < -0.4 is 5.32 Å². The molecule has 2 aromatic rings. The van der Waals surface area contributed by atoms with Crippen molar-refractivity contribution in [1.29, 1.82) is 0 Å². The van der Waals surface area contributed by atoms with Gasteiger partial charge in [0.2, 0.25) is 0 Å². The van der Waals surface area contributed by atoms with Crippen LogP contribution in [-0.2, 0) is 6.54 Å². The van der Waals surface area contributed by atoms with Crippen LogP contribution in [0.3, 0.4) is 0 Å². The zero-order chi connectivity index (χ0) is 18.0. The van der Waals surface area contributed by atoms with Crippen molar-refractivity contribution < 1.29 is 4.79 Å². The van der Waals surface area contributed by atoms with Crippen LogP contribution in [0.4, 0.5) is 0 Å². The van der Waals surface area contributed by atoms with Gasteiger partial charge in [-0.2, -0.15) is 5.10 Å². The molecule has 3 rings (SSSR count). The van der Waals surface area contributed by atoms with Gasteiger partial charge in [-0.15, -0.1) is 0 Å². The summed E-state index contributed by atoms with van der Waals surface area (Å²) in [4.78, 5) is 15.0. The van der Waals surface area contributed by atoms with Crippen LogP contribution in [0, 0.1) is 19.8 Å². The van der Waals surface area contributed by atoms with Gasteiger partial charge in [0.25, 0.3) is 5.91 Å². The summed E-state index contributed by atoms with van der Waals surface area (Å²) in [6.07, 6.45) is 1.05. The minimum atomic E-state index is 0.0963. The molecule has 0 saturated carbocycles. The molecule has 1 N–H and O–H groups in total. The van der Waals surface area contributed by atoms with Gasteiger partial charge in [0.05, 0.1) is 17.8 Å². The number of aromatic nitrogens is 2. The molecule has 1 atom stereocenters. The maximum atomic E-state index is 13.0. The standard InChI is InChI=1S/C19H25ClN4O/c1-13-18(19(25)23-9-8-15(11-23)10-21-3)14(2)24(22-13)12-16-6-4-5-7-17(16)20/h4-7,15,21H,8-12H2,1-3H3. The molecule has 1 fully saturated rings. The molecule has 1 unspecified atom stereocenters. The molecular formula is C19H25ClN4O. The maximum absolute atomic E-state index is 13.0. The summed E-state index contributed by atoms with van der Waals surface area (Å²) in [7, 11) is 1.96. The van der Waals surface area contributed by atoms with Crippen molar-refractivity contribution in [2.75, 3.05) is 26.7 Å². The molecule has 1 aliphatic rings. The van der Waals surface area contributed by atoms with E-state index in [1.54, 1.807) is 0 Å². The summed E-state index contributed by atoms with van der Waals surface area (Å²) >= 11 is 6.26. The molecule has 134 valence electrons. The topological polar surface area (TPSA) is 50.2 Å². The minimum absolute atomic E-state index is 0.0963. The lowest BCUT2D eigenvalue weighted by molar-refractivity contribution is 0.0785. The van der Waals surface area contributed by atoms with Gasteiger partial charge in [-0.3, -0.25) is 9.48 Å². The zero-order valence-electron chi connectivity index (χ0n) is 15.1. The van der Waals surface area contributed by atoms with Gasteiger partial charge in [0, 0.05) is 23.8 Å². The number of amides is 1. The Morgan fingerprint density at radius 2 is 2.12 bits per heavy atom. The second-order valence-electron chi connectivity index (χ2n) is 6.76. The van der Waals surface area contributed by atoms with Gasteiger partial charge < -0.3 is 10.2 Å². The van der Waals surface area contributed by atoms with E-state index in [1.807, 2.05) is 54.7 Å². The highest BCUT2D eigenvalue weighted by atomic mass is 35.5.